The van der Waals surface area contributed by atoms with E-state index in [1.54, 1.807) is 0 Å². The monoisotopic (exact) mass is 422 g/mol. The number of nitrogens with zero attached hydrogens (tertiary/aromatic N) is 1. The molecule has 0 unspecified atom stereocenters. The number of amides is 3. The van der Waals surface area contributed by atoms with Crippen LogP contribution in [0.1, 0.15) is 37.5 Å². The van der Waals surface area contributed by atoms with Crippen molar-refractivity contribution in [2.24, 2.45) is 0 Å². The molecule has 0 radical (unpaired) electrons. The summed E-state index contributed by atoms with van der Waals surface area (Å²) >= 11 is 0. The lowest BCUT2D eigenvalue weighted by Crippen LogP contribution is -2.38. The highest BCUT2D eigenvalue weighted by molar-refractivity contribution is 6.04. The Kier molecular flexibility index (Phi) is 10.2. The third-order valence-electron chi connectivity index (χ3n) is 4.55. The number of morpholine rings is 1. The zero-order valence-corrected chi connectivity index (χ0v) is 17.0. The summed E-state index contributed by atoms with van der Waals surface area (Å²) in [5.41, 5.74) is 0.462. The molecule has 2 rings (SSSR count). The van der Waals surface area contributed by atoms with Crippen LogP contribution >= 0.6 is 0 Å². The van der Waals surface area contributed by atoms with Crippen molar-refractivity contribution in [1.29, 1.82) is 0 Å². The van der Waals surface area contributed by atoms with Crippen molar-refractivity contribution >= 4 is 17.7 Å². The Hall–Kier alpha value is -2.53. The summed E-state index contributed by atoms with van der Waals surface area (Å²) in [6.07, 6.45) is 0.770. The largest absolute Gasteiger partial charge is 0.395 e. The molecule has 0 atom stereocenters. The molecule has 5 N–H and O–H groups in total. The maximum absolute atomic E-state index is 12.6. The summed E-state index contributed by atoms with van der Waals surface area (Å²) in [5.74, 6) is -1.38. The highest BCUT2D eigenvalue weighted by atomic mass is 16.5. The number of hydrogen-bond acceptors (Lipinski definition) is 7. The van der Waals surface area contributed by atoms with Gasteiger partial charge in [0.25, 0.3) is 17.7 Å². The van der Waals surface area contributed by atoms with E-state index in [-0.39, 0.29) is 48.9 Å². The van der Waals surface area contributed by atoms with Crippen molar-refractivity contribution in [2.75, 3.05) is 65.7 Å². The first-order chi connectivity index (χ1) is 14.5. The maximum atomic E-state index is 12.6. The number of nitrogens with one attached hydrogen (secondary N) is 3. The van der Waals surface area contributed by atoms with Gasteiger partial charge in [-0.15, -0.1) is 0 Å². The topological polar surface area (TPSA) is 140 Å². The Balaban J connectivity index is 2.02. The van der Waals surface area contributed by atoms with E-state index < -0.39 is 11.8 Å². The van der Waals surface area contributed by atoms with Gasteiger partial charge in [0.1, 0.15) is 0 Å². The number of aliphatic hydroxyl groups excluding tert-OH is 2. The van der Waals surface area contributed by atoms with Crippen LogP contribution in [-0.4, -0.2) is 98.5 Å². The van der Waals surface area contributed by atoms with Crippen LogP contribution in [0.4, 0.5) is 0 Å². The number of rotatable bonds is 11. The van der Waals surface area contributed by atoms with Crippen molar-refractivity contribution in [2.45, 2.75) is 6.42 Å². The average molecular weight is 422 g/mol. The summed E-state index contributed by atoms with van der Waals surface area (Å²) < 4.78 is 5.31. The highest BCUT2D eigenvalue weighted by Crippen LogP contribution is 2.12. The minimum Gasteiger partial charge on any atom is -0.395 e. The molecule has 1 aromatic carbocycles. The zero-order chi connectivity index (χ0) is 21.8. The first-order valence-electron chi connectivity index (χ1n) is 10.1. The van der Waals surface area contributed by atoms with Gasteiger partial charge in [0.15, 0.2) is 0 Å². The van der Waals surface area contributed by atoms with Crippen molar-refractivity contribution in [3.63, 3.8) is 0 Å². The number of carbonyl (C=O) groups excluding carboxylic acids is 3. The molecular formula is C20H30N4O6. The molecule has 1 aromatic rings. The fourth-order valence-electron chi connectivity index (χ4n) is 3.00. The second-order valence-corrected chi connectivity index (χ2v) is 6.82. The van der Waals surface area contributed by atoms with Crippen LogP contribution in [-0.2, 0) is 4.74 Å². The second-order valence-electron chi connectivity index (χ2n) is 6.82. The molecule has 10 nitrogen and oxygen atoms in total. The van der Waals surface area contributed by atoms with Gasteiger partial charge in [0.05, 0.1) is 26.4 Å². The standard InChI is InChI=1S/C20H30N4O6/c25-8-3-22-19(28)16-12-15(13-17(14-16)20(29)23-4-9-26)18(27)21-2-1-5-24-6-10-30-11-7-24/h12-14,25-26H,1-11H2,(H,21,27)(H,22,28)(H,23,29). The molecular weight excluding hydrogens is 392 g/mol. The SMILES string of the molecule is O=C(NCCO)c1cc(C(=O)NCCO)cc(C(=O)NCCCN2CCOCC2)c1. The number of ether oxygens (including phenoxy) is 1. The van der Waals surface area contributed by atoms with Gasteiger partial charge in [-0.2, -0.15) is 0 Å². The van der Waals surface area contributed by atoms with Gasteiger partial charge in [-0.1, -0.05) is 0 Å². The lowest BCUT2D eigenvalue weighted by molar-refractivity contribution is 0.0374. The molecule has 1 aliphatic rings. The van der Waals surface area contributed by atoms with E-state index in [9.17, 15) is 14.4 Å². The first-order valence-corrected chi connectivity index (χ1v) is 10.1. The molecule has 1 heterocycles. The van der Waals surface area contributed by atoms with Crippen LogP contribution in [0.2, 0.25) is 0 Å². The van der Waals surface area contributed by atoms with Gasteiger partial charge in [-0.25, -0.2) is 0 Å². The molecule has 30 heavy (non-hydrogen) atoms. The third kappa shape index (κ3) is 7.71. The summed E-state index contributed by atoms with van der Waals surface area (Å²) in [6, 6.07) is 4.19. The van der Waals surface area contributed by atoms with Crippen LogP contribution in [0.5, 0.6) is 0 Å². The van der Waals surface area contributed by atoms with Gasteiger partial charge >= 0.3 is 0 Å². The lowest BCUT2D eigenvalue weighted by Gasteiger charge is -2.26. The minimum atomic E-state index is -0.498. The lowest BCUT2D eigenvalue weighted by atomic mass is 10.0. The molecule has 0 aliphatic carbocycles. The van der Waals surface area contributed by atoms with E-state index in [2.05, 4.69) is 20.9 Å². The van der Waals surface area contributed by atoms with Crippen LogP contribution in [0.3, 0.4) is 0 Å². The predicted octanol–water partition coefficient (Wildman–Crippen LogP) is -1.42. The fourth-order valence-corrected chi connectivity index (χ4v) is 3.00. The van der Waals surface area contributed by atoms with E-state index in [4.69, 9.17) is 14.9 Å². The van der Waals surface area contributed by atoms with Crippen LogP contribution in [0, 0.1) is 0 Å². The molecule has 0 spiro atoms. The van der Waals surface area contributed by atoms with Crippen LogP contribution in [0.25, 0.3) is 0 Å². The fraction of sp³-hybridized carbons (Fsp3) is 0.550. The Labute approximate surface area is 175 Å². The molecule has 0 aromatic heterocycles. The van der Waals surface area contributed by atoms with Crippen LogP contribution < -0.4 is 16.0 Å². The van der Waals surface area contributed by atoms with E-state index in [0.29, 0.717) is 6.54 Å². The smallest absolute Gasteiger partial charge is 0.251 e. The average Bonchev–Trinajstić information content (AvgIpc) is 2.78. The van der Waals surface area contributed by atoms with E-state index in [1.807, 2.05) is 0 Å². The van der Waals surface area contributed by atoms with Crippen molar-refractivity contribution in [3.05, 3.63) is 34.9 Å². The molecule has 10 heteroatoms. The van der Waals surface area contributed by atoms with Gasteiger partial charge in [-0.05, 0) is 31.2 Å². The zero-order valence-electron chi connectivity index (χ0n) is 17.0. The van der Waals surface area contributed by atoms with Crippen molar-refractivity contribution in [1.82, 2.24) is 20.9 Å². The quantitative estimate of drug-likeness (QED) is 0.276. The highest BCUT2D eigenvalue weighted by Gasteiger charge is 2.16. The molecule has 3 amide bonds. The molecule has 0 saturated carbocycles. The molecule has 166 valence electrons. The molecule has 1 aliphatic heterocycles. The normalized spacial score (nSPS) is 14.2. The Morgan fingerprint density at radius 3 is 1.67 bits per heavy atom. The Bertz CT molecular complexity index is 683. The van der Waals surface area contributed by atoms with E-state index in [1.165, 1.54) is 18.2 Å². The number of aliphatic hydroxyl groups is 2. The third-order valence-corrected chi connectivity index (χ3v) is 4.55. The molecule has 0 bridgehead atoms. The Morgan fingerprint density at radius 1 is 0.800 bits per heavy atom. The molecule has 1 saturated heterocycles. The number of carbonyl (C=O) groups is 3. The summed E-state index contributed by atoms with van der Waals surface area (Å²) in [5, 5.41) is 25.6. The van der Waals surface area contributed by atoms with Crippen molar-refractivity contribution in [3.8, 4) is 0 Å². The number of hydrogen-bond donors (Lipinski definition) is 5. The van der Waals surface area contributed by atoms with E-state index in [0.717, 1.165) is 39.3 Å². The van der Waals surface area contributed by atoms with Gasteiger partial charge < -0.3 is 30.9 Å². The van der Waals surface area contributed by atoms with Gasteiger partial charge in [0, 0.05) is 49.4 Å². The predicted molar refractivity (Wildman–Crippen MR) is 109 cm³/mol. The molecule has 1 fully saturated rings. The summed E-state index contributed by atoms with van der Waals surface area (Å²) in [7, 11) is 0. The summed E-state index contributed by atoms with van der Waals surface area (Å²) in [6.45, 7) is 4.18. The first kappa shape index (κ1) is 23.7. The minimum absolute atomic E-state index is 0.0584. The van der Waals surface area contributed by atoms with Crippen molar-refractivity contribution < 1.29 is 29.3 Å². The Morgan fingerprint density at radius 2 is 1.23 bits per heavy atom. The summed E-state index contributed by atoms with van der Waals surface area (Å²) in [4.78, 5) is 39.4. The number of benzene rings is 1. The second kappa shape index (κ2) is 12.9. The van der Waals surface area contributed by atoms with Crippen LogP contribution in [0.15, 0.2) is 18.2 Å². The van der Waals surface area contributed by atoms with Gasteiger partial charge in [0.2, 0.25) is 0 Å². The maximum Gasteiger partial charge on any atom is 0.251 e. The van der Waals surface area contributed by atoms with E-state index >= 15 is 0 Å². The van der Waals surface area contributed by atoms with Gasteiger partial charge in [-0.3, -0.25) is 19.3 Å².